The monoisotopic (exact) mass is 418 g/mol. The summed E-state index contributed by atoms with van der Waals surface area (Å²) in [4.78, 5) is 18.2. The molecule has 3 rings (SSSR count). The molecule has 4 nitrogen and oxygen atoms in total. The van der Waals surface area contributed by atoms with Gasteiger partial charge in [0.25, 0.3) is 0 Å². The van der Waals surface area contributed by atoms with Gasteiger partial charge in [-0.25, -0.2) is 0 Å². The Balaban J connectivity index is 1.84. The van der Waals surface area contributed by atoms with E-state index in [1.54, 1.807) is 6.20 Å². The lowest BCUT2D eigenvalue weighted by Gasteiger charge is -2.42. The third-order valence-electron chi connectivity index (χ3n) is 6.22. The molecule has 1 aromatic heterocycles. The smallest absolute Gasteiger partial charge is 0.192 e. The van der Waals surface area contributed by atoms with Gasteiger partial charge in [0.05, 0.1) is 16.2 Å². The number of hydrogen-bond acceptors (Lipinski definition) is 4. The first-order valence-electron chi connectivity index (χ1n) is 10.1. The number of pyridine rings is 1. The highest BCUT2D eigenvalue weighted by atomic mass is 35.5. The van der Waals surface area contributed by atoms with Gasteiger partial charge >= 0.3 is 0 Å². The summed E-state index contributed by atoms with van der Waals surface area (Å²) in [6, 6.07) is 5.82. The van der Waals surface area contributed by atoms with Crippen LogP contribution < -0.4 is 4.90 Å². The van der Waals surface area contributed by atoms with Crippen molar-refractivity contribution in [2.24, 2.45) is 0 Å². The minimum Gasteiger partial charge on any atom is -0.414 e. The van der Waals surface area contributed by atoms with Gasteiger partial charge in [0.15, 0.2) is 8.32 Å². The molecule has 1 fully saturated rings. The van der Waals surface area contributed by atoms with Gasteiger partial charge in [0.1, 0.15) is 6.29 Å². The Labute approximate surface area is 174 Å². The number of aromatic nitrogens is 1. The highest BCUT2D eigenvalue weighted by molar-refractivity contribution is 6.74. The Morgan fingerprint density at radius 3 is 2.61 bits per heavy atom. The van der Waals surface area contributed by atoms with Crippen molar-refractivity contribution in [1.29, 1.82) is 0 Å². The number of halogens is 1. The van der Waals surface area contributed by atoms with Crippen LogP contribution in [-0.2, 0) is 15.6 Å². The van der Waals surface area contributed by atoms with E-state index in [9.17, 15) is 4.79 Å². The molecule has 0 amide bonds. The van der Waals surface area contributed by atoms with Gasteiger partial charge in [0, 0.05) is 37.2 Å². The lowest BCUT2D eigenvalue weighted by molar-refractivity contribution is -0.107. The molecule has 0 saturated carbocycles. The fourth-order valence-electron chi connectivity index (χ4n) is 3.63. The van der Waals surface area contributed by atoms with Crippen LogP contribution in [0.2, 0.25) is 23.2 Å². The fourth-order valence-corrected chi connectivity index (χ4v) is 5.33. The molecule has 1 aliphatic heterocycles. The Bertz CT molecular complexity index is 855. The molecule has 1 aromatic carbocycles. The summed E-state index contributed by atoms with van der Waals surface area (Å²) >= 11 is 6.46. The van der Waals surface area contributed by atoms with Crippen LogP contribution in [0.4, 0.5) is 5.69 Å². The maximum Gasteiger partial charge on any atom is 0.192 e. The second-order valence-electron chi connectivity index (χ2n) is 9.20. The minimum absolute atomic E-state index is 0.220. The van der Waals surface area contributed by atoms with E-state index in [0.29, 0.717) is 17.5 Å². The number of hydrogen-bond donors (Lipinski definition) is 0. The van der Waals surface area contributed by atoms with Crippen LogP contribution in [0.5, 0.6) is 0 Å². The normalized spacial score (nSPS) is 16.6. The molecule has 0 spiro atoms. The molecule has 0 bridgehead atoms. The summed E-state index contributed by atoms with van der Waals surface area (Å²) in [5.41, 5.74) is 2.89. The van der Waals surface area contributed by atoms with Crippen molar-refractivity contribution in [2.45, 2.75) is 64.3 Å². The quantitative estimate of drug-likeness (QED) is 0.466. The van der Waals surface area contributed by atoms with Gasteiger partial charge in [-0.15, -0.1) is 0 Å². The zero-order valence-corrected chi connectivity index (χ0v) is 19.3. The van der Waals surface area contributed by atoms with Gasteiger partial charge in [0.2, 0.25) is 0 Å². The molecular weight excluding hydrogens is 388 g/mol. The first-order chi connectivity index (χ1) is 13.1. The number of nitrogens with zero attached hydrogens (tertiary/aromatic N) is 2. The third kappa shape index (κ3) is 4.26. The average molecular weight is 419 g/mol. The maximum atomic E-state index is 11.3. The summed E-state index contributed by atoms with van der Waals surface area (Å²) in [5.74, 6) is 0. The van der Waals surface area contributed by atoms with Crippen LogP contribution in [-0.4, -0.2) is 38.8 Å². The Morgan fingerprint density at radius 2 is 2.00 bits per heavy atom. The van der Waals surface area contributed by atoms with Crippen LogP contribution in [0.25, 0.3) is 10.9 Å². The van der Waals surface area contributed by atoms with Crippen molar-refractivity contribution >= 4 is 42.8 Å². The first-order valence-corrected chi connectivity index (χ1v) is 13.3. The summed E-state index contributed by atoms with van der Waals surface area (Å²) in [5, 5.41) is 1.81. The molecule has 2 heterocycles. The topological polar surface area (TPSA) is 42.4 Å². The molecule has 1 saturated heterocycles. The fraction of sp³-hybridized carbons (Fsp3) is 0.545. The molecule has 1 aliphatic rings. The van der Waals surface area contributed by atoms with Crippen LogP contribution in [0.3, 0.4) is 0 Å². The number of anilines is 1. The molecule has 152 valence electrons. The van der Waals surface area contributed by atoms with Crippen molar-refractivity contribution in [1.82, 2.24) is 4.98 Å². The lowest BCUT2D eigenvalue weighted by atomic mass is 10.0. The van der Waals surface area contributed by atoms with Crippen LogP contribution in [0.15, 0.2) is 24.4 Å². The standard InChI is InChI=1S/C22H31ClN2O2Si/c1-22(2,3)28(4,5)27-17-8-12-25(13-9-17)21-16(10-14-26)15-19(23)18-7-6-11-24-20(18)21/h6-7,11,14-15,17H,8-10,12-13H2,1-5H3. The molecule has 2 aromatic rings. The number of rotatable bonds is 5. The molecule has 0 unspecified atom stereocenters. The van der Waals surface area contributed by atoms with E-state index >= 15 is 0 Å². The number of piperidine rings is 1. The zero-order chi connectivity index (χ0) is 20.5. The largest absolute Gasteiger partial charge is 0.414 e. The Morgan fingerprint density at radius 1 is 1.32 bits per heavy atom. The number of carbonyl (C=O) groups is 1. The van der Waals surface area contributed by atoms with Crippen molar-refractivity contribution in [3.05, 3.63) is 35.0 Å². The second kappa shape index (κ2) is 8.13. The van der Waals surface area contributed by atoms with E-state index < -0.39 is 8.32 Å². The molecule has 28 heavy (non-hydrogen) atoms. The molecule has 0 N–H and O–H groups in total. The molecular formula is C22H31ClN2O2Si. The summed E-state index contributed by atoms with van der Waals surface area (Å²) in [6.45, 7) is 13.3. The van der Waals surface area contributed by atoms with Crippen LogP contribution in [0.1, 0.15) is 39.2 Å². The molecule has 0 atom stereocenters. The Hall–Kier alpha value is -1.43. The first kappa shape index (κ1) is 21.3. The van der Waals surface area contributed by atoms with Crippen molar-refractivity contribution < 1.29 is 9.22 Å². The third-order valence-corrected chi connectivity index (χ3v) is 11.1. The predicted octanol–water partition coefficient (Wildman–Crippen LogP) is 5.62. The van der Waals surface area contributed by atoms with E-state index in [1.807, 2.05) is 18.2 Å². The SMILES string of the molecule is CC(C)(C)[Si](C)(C)OC1CCN(c2c(CC=O)cc(Cl)c3cccnc23)CC1. The van der Waals surface area contributed by atoms with Crippen molar-refractivity contribution in [2.75, 3.05) is 18.0 Å². The minimum atomic E-state index is -1.76. The molecule has 0 radical (unpaired) electrons. The van der Waals surface area contributed by atoms with E-state index in [2.05, 4.69) is 43.7 Å². The van der Waals surface area contributed by atoms with Gasteiger partial charge in [-0.3, -0.25) is 4.98 Å². The lowest BCUT2D eigenvalue weighted by Crippen LogP contribution is -2.47. The average Bonchev–Trinajstić information content (AvgIpc) is 2.62. The van der Waals surface area contributed by atoms with Crippen molar-refractivity contribution in [3.8, 4) is 0 Å². The van der Waals surface area contributed by atoms with E-state index in [-0.39, 0.29) is 5.04 Å². The molecule has 0 aliphatic carbocycles. The summed E-state index contributed by atoms with van der Waals surface area (Å²) < 4.78 is 6.63. The summed E-state index contributed by atoms with van der Waals surface area (Å²) in [6.07, 6.45) is 5.37. The summed E-state index contributed by atoms with van der Waals surface area (Å²) in [7, 11) is -1.76. The van der Waals surface area contributed by atoms with E-state index in [1.165, 1.54) is 0 Å². The number of fused-ring (bicyclic) bond motifs is 1. The predicted molar refractivity (Wildman–Crippen MR) is 120 cm³/mol. The number of aldehydes is 1. The van der Waals surface area contributed by atoms with Gasteiger partial charge in [-0.1, -0.05) is 32.4 Å². The van der Waals surface area contributed by atoms with Gasteiger partial charge < -0.3 is 14.1 Å². The van der Waals surface area contributed by atoms with Gasteiger partial charge in [-0.05, 0) is 54.7 Å². The second-order valence-corrected chi connectivity index (χ2v) is 14.4. The van der Waals surface area contributed by atoms with E-state index in [0.717, 1.165) is 54.4 Å². The number of benzene rings is 1. The molecule has 6 heteroatoms. The Kier molecular flexibility index (Phi) is 6.18. The van der Waals surface area contributed by atoms with Crippen LogP contribution >= 0.6 is 11.6 Å². The number of carbonyl (C=O) groups excluding carboxylic acids is 1. The van der Waals surface area contributed by atoms with Crippen LogP contribution in [0, 0.1) is 0 Å². The van der Waals surface area contributed by atoms with Crippen molar-refractivity contribution in [3.63, 3.8) is 0 Å². The van der Waals surface area contributed by atoms with Gasteiger partial charge in [-0.2, -0.15) is 0 Å². The highest BCUT2D eigenvalue weighted by Crippen LogP contribution is 2.40. The van der Waals surface area contributed by atoms with E-state index in [4.69, 9.17) is 16.0 Å². The highest BCUT2D eigenvalue weighted by Gasteiger charge is 2.39. The maximum absolute atomic E-state index is 11.3. The zero-order valence-electron chi connectivity index (χ0n) is 17.6.